The van der Waals surface area contributed by atoms with Crippen molar-refractivity contribution in [1.82, 2.24) is 4.98 Å². The normalized spacial score (nSPS) is 10.5. The number of esters is 1. The van der Waals surface area contributed by atoms with E-state index in [1.54, 1.807) is 6.92 Å². The quantitative estimate of drug-likeness (QED) is 0.814. The first-order chi connectivity index (χ1) is 8.49. The number of nitrogens with one attached hydrogen (secondary N) is 1. The number of rotatable bonds is 5. The number of alkyl halides is 2. The van der Waals surface area contributed by atoms with Gasteiger partial charge < -0.3 is 14.5 Å². The van der Waals surface area contributed by atoms with Crippen molar-refractivity contribution in [2.24, 2.45) is 0 Å². The predicted octanol–water partition coefficient (Wildman–Crippen LogP) is 1.43. The fourth-order valence-electron chi connectivity index (χ4n) is 1.46. The van der Waals surface area contributed by atoms with Gasteiger partial charge in [-0.25, -0.2) is 8.78 Å². The van der Waals surface area contributed by atoms with E-state index in [9.17, 15) is 18.4 Å². The molecule has 0 saturated heterocycles. The summed E-state index contributed by atoms with van der Waals surface area (Å²) in [6.45, 7) is 1.81. The molecular formula is C11H13F2NO4. The summed E-state index contributed by atoms with van der Waals surface area (Å²) < 4.78 is 34.7. The molecule has 5 nitrogen and oxygen atoms in total. The second-order valence-electron chi connectivity index (χ2n) is 3.39. The molecule has 1 aromatic heterocycles. The molecule has 1 heterocycles. The van der Waals surface area contributed by atoms with Gasteiger partial charge in [0.15, 0.2) is 5.75 Å². The van der Waals surface area contributed by atoms with Crippen LogP contribution in [0.5, 0.6) is 5.75 Å². The zero-order valence-electron chi connectivity index (χ0n) is 9.96. The number of H-pyrrole nitrogens is 1. The third-order valence-electron chi connectivity index (χ3n) is 2.15. The van der Waals surface area contributed by atoms with E-state index in [0.29, 0.717) is 0 Å². The number of halogens is 2. The van der Waals surface area contributed by atoms with E-state index in [1.165, 1.54) is 0 Å². The number of aromatic amines is 1. The Kier molecular flexibility index (Phi) is 4.82. The second kappa shape index (κ2) is 6.13. The molecule has 0 atom stereocenters. The monoisotopic (exact) mass is 261 g/mol. The van der Waals surface area contributed by atoms with Crippen molar-refractivity contribution in [1.29, 1.82) is 0 Å². The third kappa shape index (κ3) is 3.28. The van der Waals surface area contributed by atoms with E-state index >= 15 is 0 Å². The fourth-order valence-corrected chi connectivity index (χ4v) is 1.46. The van der Waals surface area contributed by atoms with Gasteiger partial charge in [-0.1, -0.05) is 0 Å². The number of pyridine rings is 1. The molecule has 0 aromatic carbocycles. The minimum atomic E-state index is -2.86. The summed E-state index contributed by atoms with van der Waals surface area (Å²) >= 11 is 0. The van der Waals surface area contributed by atoms with Gasteiger partial charge in [-0.2, -0.15) is 0 Å². The third-order valence-corrected chi connectivity index (χ3v) is 2.15. The number of hydrogen-bond acceptors (Lipinski definition) is 4. The number of methoxy groups -OCH3 is 1. The fraction of sp³-hybridized carbons (Fsp3) is 0.455. The van der Waals surface area contributed by atoms with Gasteiger partial charge in [0.1, 0.15) is 0 Å². The lowest BCUT2D eigenvalue weighted by molar-refractivity contribution is -0.142. The Morgan fingerprint density at radius 2 is 2.17 bits per heavy atom. The first-order valence-electron chi connectivity index (χ1n) is 5.23. The zero-order chi connectivity index (χ0) is 13.7. The molecule has 18 heavy (non-hydrogen) atoms. The second-order valence-corrected chi connectivity index (χ2v) is 3.39. The first-order valence-corrected chi connectivity index (χ1v) is 5.23. The highest BCUT2D eigenvalue weighted by molar-refractivity contribution is 5.72. The van der Waals surface area contributed by atoms with Gasteiger partial charge in [-0.05, 0) is 13.0 Å². The standard InChI is InChI=1S/C11H13F2NO4/c1-3-18-8(15)5-6-4-7(10(12)13)9(17-2)11(16)14-6/h4,10H,3,5H2,1-2H3,(H,14,16). The van der Waals surface area contributed by atoms with Crippen molar-refractivity contribution in [3.8, 4) is 5.75 Å². The number of carbonyl (C=O) groups excluding carboxylic acids is 1. The zero-order valence-corrected chi connectivity index (χ0v) is 9.96. The maximum Gasteiger partial charge on any atom is 0.311 e. The van der Waals surface area contributed by atoms with Crippen LogP contribution in [0.25, 0.3) is 0 Å². The highest BCUT2D eigenvalue weighted by atomic mass is 19.3. The minimum absolute atomic E-state index is 0.0644. The Bertz CT molecular complexity index is 484. The van der Waals surface area contributed by atoms with Crippen LogP contribution in [0.2, 0.25) is 0 Å². The molecule has 1 rings (SSSR count). The molecule has 0 aliphatic carbocycles. The molecule has 0 fully saturated rings. The molecule has 0 bridgehead atoms. The molecule has 0 radical (unpaired) electrons. The van der Waals surface area contributed by atoms with Crippen molar-refractivity contribution in [3.63, 3.8) is 0 Å². The lowest BCUT2D eigenvalue weighted by atomic mass is 10.2. The van der Waals surface area contributed by atoms with Gasteiger partial charge in [0.2, 0.25) is 0 Å². The number of carbonyl (C=O) groups is 1. The van der Waals surface area contributed by atoms with Gasteiger partial charge in [0, 0.05) is 5.69 Å². The predicted molar refractivity (Wildman–Crippen MR) is 58.9 cm³/mol. The van der Waals surface area contributed by atoms with Crippen LogP contribution < -0.4 is 10.3 Å². The van der Waals surface area contributed by atoms with Crippen molar-refractivity contribution in [2.45, 2.75) is 19.8 Å². The Labute approximate surface area is 102 Å². The molecule has 1 N–H and O–H groups in total. The summed E-state index contributed by atoms with van der Waals surface area (Å²) in [6.07, 6.45) is -3.13. The van der Waals surface area contributed by atoms with Crippen LogP contribution >= 0.6 is 0 Å². The molecular weight excluding hydrogens is 248 g/mol. The maximum absolute atomic E-state index is 12.7. The number of hydrogen-bond donors (Lipinski definition) is 1. The molecule has 0 aliphatic rings. The van der Waals surface area contributed by atoms with Crippen molar-refractivity contribution in [3.05, 3.63) is 27.7 Å². The average Bonchev–Trinajstić information content (AvgIpc) is 2.28. The number of aromatic nitrogens is 1. The Morgan fingerprint density at radius 1 is 1.50 bits per heavy atom. The molecule has 0 amide bonds. The van der Waals surface area contributed by atoms with Crippen LogP contribution in [0.4, 0.5) is 8.78 Å². The van der Waals surface area contributed by atoms with Gasteiger partial charge in [-0.3, -0.25) is 9.59 Å². The molecule has 7 heteroatoms. The largest absolute Gasteiger partial charge is 0.491 e. The van der Waals surface area contributed by atoms with E-state index in [1.807, 2.05) is 0 Å². The van der Waals surface area contributed by atoms with Crippen molar-refractivity contribution < 1.29 is 23.0 Å². The van der Waals surface area contributed by atoms with E-state index in [2.05, 4.69) is 14.5 Å². The minimum Gasteiger partial charge on any atom is -0.491 e. The highest BCUT2D eigenvalue weighted by Gasteiger charge is 2.19. The molecule has 100 valence electrons. The van der Waals surface area contributed by atoms with E-state index in [-0.39, 0.29) is 18.7 Å². The molecule has 0 spiro atoms. The van der Waals surface area contributed by atoms with Gasteiger partial charge in [0.25, 0.3) is 12.0 Å². The lowest BCUT2D eigenvalue weighted by Crippen LogP contribution is -2.17. The summed E-state index contributed by atoms with van der Waals surface area (Å²) in [5.41, 5.74) is -1.27. The van der Waals surface area contributed by atoms with Crippen LogP contribution in [-0.2, 0) is 16.0 Å². The molecule has 1 aromatic rings. The SMILES string of the molecule is CCOC(=O)Cc1cc(C(F)F)c(OC)c(=O)[nH]1. The van der Waals surface area contributed by atoms with E-state index in [4.69, 9.17) is 0 Å². The maximum atomic E-state index is 12.7. The van der Waals surface area contributed by atoms with Crippen molar-refractivity contribution >= 4 is 5.97 Å². The van der Waals surface area contributed by atoms with Gasteiger partial charge >= 0.3 is 5.97 Å². The summed E-state index contributed by atoms with van der Waals surface area (Å²) in [5, 5.41) is 0. The smallest absolute Gasteiger partial charge is 0.311 e. The molecule has 0 saturated carbocycles. The summed E-state index contributed by atoms with van der Waals surface area (Å²) in [6, 6.07) is 1.03. The van der Waals surface area contributed by atoms with Gasteiger partial charge in [-0.15, -0.1) is 0 Å². The molecule has 0 unspecified atom stereocenters. The van der Waals surface area contributed by atoms with Crippen LogP contribution in [0, 0.1) is 0 Å². The molecule has 0 aliphatic heterocycles. The number of ether oxygens (including phenoxy) is 2. The topological polar surface area (TPSA) is 68.4 Å². The summed E-state index contributed by atoms with van der Waals surface area (Å²) in [5.74, 6) is -1.05. The highest BCUT2D eigenvalue weighted by Crippen LogP contribution is 2.26. The first kappa shape index (κ1) is 14.1. The summed E-state index contributed by atoms with van der Waals surface area (Å²) in [7, 11) is 1.13. The lowest BCUT2D eigenvalue weighted by Gasteiger charge is -2.09. The Hall–Kier alpha value is -1.92. The van der Waals surface area contributed by atoms with Gasteiger partial charge in [0.05, 0.1) is 25.7 Å². The van der Waals surface area contributed by atoms with E-state index in [0.717, 1.165) is 13.2 Å². The van der Waals surface area contributed by atoms with Crippen LogP contribution in [0.15, 0.2) is 10.9 Å². The average molecular weight is 261 g/mol. The van der Waals surface area contributed by atoms with Crippen LogP contribution in [-0.4, -0.2) is 24.7 Å². The Balaban J connectivity index is 3.09. The van der Waals surface area contributed by atoms with Crippen LogP contribution in [0.1, 0.15) is 24.6 Å². The van der Waals surface area contributed by atoms with E-state index < -0.39 is 29.3 Å². The van der Waals surface area contributed by atoms with Crippen LogP contribution in [0.3, 0.4) is 0 Å². The summed E-state index contributed by atoms with van der Waals surface area (Å²) in [4.78, 5) is 25.0. The van der Waals surface area contributed by atoms with Crippen molar-refractivity contribution in [2.75, 3.05) is 13.7 Å². The Morgan fingerprint density at radius 3 is 2.67 bits per heavy atom.